The number of hydrogen-bond donors (Lipinski definition) is 0. The molecule has 2 aromatic carbocycles. The van der Waals surface area contributed by atoms with Crippen LogP contribution in [0.3, 0.4) is 0 Å². The Balaban J connectivity index is 2.06. The van der Waals surface area contributed by atoms with Gasteiger partial charge in [-0.1, -0.05) is 37.8 Å². The van der Waals surface area contributed by atoms with Crippen LogP contribution in [0.5, 0.6) is 11.5 Å². The van der Waals surface area contributed by atoms with E-state index in [1.165, 1.54) is 12.0 Å². The van der Waals surface area contributed by atoms with Crippen molar-refractivity contribution >= 4 is 23.6 Å². The van der Waals surface area contributed by atoms with E-state index >= 15 is 0 Å². The summed E-state index contributed by atoms with van der Waals surface area (Å²) in [5.74, 6) is 0.217. The fourth-order valence-corrected chi connectivity index (χ4v) is 3.58. The summed E-state index contributed by atoms with van der Waals surface area (Å²) < 4.78 is 16.0. The van der Waals surface area contributed by atoms with Gasteiger partial charge in [-0.15, -0.1) is 0 Å². The summed E-state index contributed by atoms with van der Waals surface area (Å²) in [4.78, 5) is 27.5. The van der Waals surface area contributed by atoms with Gasteiger partial charge < -0.3 is 14.2 Å². The van der Waals surface area contributed by atoms with Gasteiger partial charge in [0, 0.05) is 11.4 Å². The van der Waals surface area contributed by atoms with Gasteiger partial charge in [0.15, 0.2) is 11.5 Å². The molecule has 0 atom stereocenters. The summed E-state index contributed by atoms with van der Waals surface area (Å²) in [5, 5.41) is 0. The molecule has 0 aromatic heterocycles. The normalized spacial score (nSPS) is 14.7. The summed E-state index contributed by atoms with van der Waals surface area (Å²) in [6, 6.07) is 13.0. The maximum Gasteiger partial charge on any atom is 0.340 e. The van der Waals surface area contributed by atoms with Gasteiger partial charge in [-0.25, -0.2) is 4.79 Å². The molecule has 1 amide bonds. The molecule has 32 heavy (non-hydrogen) atoms. The molecule has 6 nitrogen and oxygen atoms in total. The molecule has 0 spiro atoms. The van der Waals surface area contributed by atoms with E-state index in [0.717, 1.165) is 12.0 Å². The van der Waals surface area contributed by atoms with Gasteiger partial charge in [-0.05, 0) is 54.8 Å². The van der Waals surface area contributed by atoms with E-state index in [1.54, 1.807) is 44.4 Å². The van der Waals surface area contributed by atoms with Crippen LogP contribution >= 0.6 is 0 Å². The molecular formula is C26H27NO5. The van der Waals surface area contributed by atoms with E-state index < -0.39 is 5.97 Å². The Labute approximate surface area is 188 Å². The molecule has 1 aliphatic heterocycles. The molecule has 0 fully saturated rings. The molecule has 3 rings (SSSR count). The van der Waals surface area contributed by atoms with E-state index in [4.69, 9.17) is 14.2 Å². The number of ether oxygens (including phenoxy) is 3. The second-order valence-corrected chi connectivity index (χ2v) is 7.18. The van der Waals surface area contributed by atoms with Crippen molar-refractivity contribution < 1.29 is 23.8 Å². The lowest BCUT2D eigenvalue weighted by atomic mass is 10.0. The van der Waals surface area contributed by atoms with Crippen LogP contribution in [0, 0.1) is 0 Å². The number of carbonyl (C=O) groups excluding carboxylic acids is 2. The van der Waals surface area contributed by atoms with Gasteiger partial charge in [-0.2, -0.15) is 0 Å². The molecule has 6 heteroatoms. The average molecular weight is 434 g/mol. The zero-order valence-electron chi connectivity index (χ0n) is 18.8. The summed E-state index contributed by atoms with van der Waals surface area (Å²) in [7, 11) is 2.84. The number of hydrogen-bond acceptors (Lipinski definition) is 5. The molecule has 0 bridgehead atoms. The van der Waals surface area contributed by atoms with E-state index in [2.05, 4.69) is 13.5 Å². The lowest BCUT2D eigenvalue weighted by Gasteiger charge is -2.18. The van der Waals surface area contributed by atoms with Crippen molar-refractivity contribution in [2.45, 2.75) is 20.3 Å². The van der Waals surface area contributed by atoms with Crippen LogP contribution in [-0.2, 0) is 20.7 Å². The minimum Gasteiger partial charge on any atom is -0.493 e. The summed E-state index contributed by atoms with van der Waals surface area (Å²) >= 11 is 0. The fraction of sp³-hybridized carbons (Fsp3) is 0.231. The zero-order chi connectivity index (χ0) is 23.3. The van der Waals surface area contributed by atoms with Gasteiger partial charge >= 0.3 is 5.97 Å². The van der Waals surface area contributed by atoms with Crippen LogP contribution < -0.4 is 14.4 Å². The van der Waals surface area contributed by atoms with Gasteiger partial charge in [-0.3, -0.25) is 9.69 Å². The summed E-state index contributed by atoms with van der Waals surface area (Å²) in [5.41, 5.74) is 3.57. The Hall–Kier alpha value is -3.80. The average Bonchev–Trinajstić information content (AvgIpc) is 3.06. The van der Waals surface area contributed by atoms with Crippen molar-refractivity contribution in [2.75, 3.05) is 25.7 Å². The molecule has 0 unspecified atom stereocenters. The number of aryl methyl sites for hydroxylation is 1. The van der Waals surface area contributed by atoms with Crippen molar-refractivity contribution in [3.8, 4) is 11.5 Å². The zero-order valence-corrected chi connectivity index (χ0v) is 18.8. The van der Waals surface area contributed by atoms with Crippen molar-refractivity contribution in [1.82, 2.24) is 0 Å². The largest absolute Gasteiger partial charge is 0.493 e. The predicted octanol–water partition coefficient (Wildman–Crippen LogP) is 4.70. The maximum absolute atomic E-state index is 13.4. The van der Waals surface area contributed by atoms with Crippen molar-refractivity contribution in [2.24, 2.45) is 0 Å². The molecule has 0 aliphatic carbocycles. The first-order valence-corrected chi connectivity index (χ1v) is 10.3. The van der Waals surface area contributed by atoms with E-state index in [-0.39, 0.29) is 17.1 Å². The van der Waals surface area contributed by atoms with Gasteiger partial charge in [0.25, 0.3) is 5.91 Å². The third-order valence-corrected chi connectivity index (χ3v) is 5.25. The second kappa shape index (κ2) is 10.0. The number of anilines is 1. The highest BCUT2D eigenvalue weighted by Gasteiger charge is 2.37. The first-order valence-electron chi connectivity index (χ1n) is 10.3. The van der Waals surface area contributed by atoms with Crippen molar-refractivity contribution in [3.05, 3.63) is 83.1 Å². The Morgan fingerprint density at radius 3 is 2.41 bits per heavy atom. The highest BCUT2D eigenvalue weighted by Crippen LogP contribution is 2.36. The standard InChI is InChI=1S/C26H27NO5/c1-6-14-32-22-13-10-19(16-23(22)30-4)15-21-24(26(29)31-5)17(3)27(25(21)28)20-11-8-18(7-2)9-12-20/h6,8-13,15-16H,1,7,14H2,2-5H3/b21-15-. The van der Waals surface area contributed by atoms with Crippen molar-refractivity contribution in [3.63, 3.8) is 0 Å². The van der Waals surface area contributed by atoms with Crippen LogP contribution in [0.2, 0.25) is 0 Å². The number of esters is 1. The predicted molar refractivity (Wildman–Crippen MR) is 125 cm³/mol. The van der Waals surface area contributed by atoms with Crippen LogP contribution in [0.4, 0.5) is 5.69 Å². The lowest BCUT2D eigenvalue weighted by Crippen LogP contribution is -2.24. The smallest absolute Gasteiger partial charge is 0.340 e. The first kappa shape index (κ1) is 22.9. The second-order valence-electron chi connectivity index (χ2n) is 7.18. The Morgan fingerprint density at radius 2 is 1.81 bits per heavy atom. The van der Waals surface area contributed by atoms with Crippen molar-refractivity contribution in [1.29, 1.82) is 0 Å². The van der Waals surface area contributed by atoms with Crippen LogP contribution in [0.15, 0.2) is 72.0 Å². The number of allylic oxidation sites excluding steroid dienone is 1. The number of methoxy groups -OCH3 is 2. The molecule has 0 saturated carbocycles. The fourth-order valence-electron chi connectivity index (χ4n) is 3.58. The molecule has 0 radical (unpaired) electrons. The molecule has 0 saturated heterocycles. The molecule has 2 aromatic rings. The van der Waals surface area contributed by atoms with Gasteiger partial charge in [0.05, 0.1) is 25.4 Å². The third-order valence-electron chi connectivity index (χ3n) is 5.25. The van der Waals surface area contributed by atoms with E-state index in [9.17, 15) is 9.59 Å². The summed E-state index contributed by atoms with van der Waals surface area (Å²) in [6.07, 6.45) is 4.21. The highest BCUT2D eigenvalue weighted by atomic mass is 16.5. The van der Waals surface area contributed by atoms with Crippen LogP contribution in [-0.4, -0.2) is 32.7 Å². The number of benzene rings is 2. The molecule has 166 valence electrons. The third kappa shape index (κ3) is 4.44. The number of nitrogens with zero attached hydrogens (tertiary/aromatic N) is 1. The Bertz CT molecular complexity index is 1100. The maximum atomic E-state index is 13.4. The number of amides is 1. The Kier molecular flexibility index (Phi) is 7.15. The Morgan fingerprint density at radius 1 is 1.09 bits per heavy atom. The SMILES string of the molecule is C=CCOc1ccc(/C=C2\C(=O)N(c3ccc(CC)cc3)C(C)=C2C(=O)OC)cc1OC. The van der Waals surface area contributed by atoms with Gasteiger partial charge in [0.1, 0.15) is 6.61 Å². The molecule has 1 heterocycles. The molecular weight excluding hydrogens is 406 g/mol. The molecule has 1 aliphatic rings. The highest BCUT2D eigenvalue weighted by molar-refractivity contribution is 6.23. The van der Waals surface area contributed by atoms with Gasteiger partial charge in [0.2, 0.25) is 0 Å². The number of carbonyl (C=O) groups is 2. The van der Waals surface area contributed by atoms with Crippen LogP contribution in [0.1, 0.15) is 25.0 Å². The lowest BCUT2D eigenvalue weighted by molar-refractivity contribution is -0.136. The van der Waals surface area contributed by atoms with E-state index in [0.29, 0.717) is 35.1 Å². The number of rotatable bonds is 8. The minimum atomic E-state index is -0.562. The summed E-state index contributed by atoms with van der Waals surface area (Å²) in [6.45, 7) is 7.79. The minimum absolute atomic E-state index is 0.239. The first-order chi connectivity index (χ1) is 15.4. The van der Waals surface area contributed by atoms with E-state index in [1.807, 2.05) is 24.3 Å². The topological polar surface area (TPSA) is 65.1 Å². The quantitative estimate of drug-likeness (QED) is 0.343. The monoisotopic (exact) mass is 433 g/mol. The van der Waals surface area contributed by atoms with Crippen LogP contribution in [0.25, 0.3) is 6.08 Å². The molecule has 0 N–H and O–H groups in total.